The third-order valence-corrected chi connectivity index (χ3v) is 7.87. The first kappa shape index (κ1) is 22.1. The molecule has 1 N–H and O–H groups in total. The van der Waals surface area contributed by atoms with E-state index in [9.17, 15) is 9.59 Å². The molecule has 3 amide bonds. The maximum atomic E-state index is 12.9. The fourth-order valence-electron chi connectivity index (χ4n) is 4.02. The molecule has 2 aromatic carbocycles. The van der Waals surface area contributed by atoms with Crippen LogP contribution in [0.5, 0.6) is 0 Å². The van der Waals surface area contributed by atoms with E-state index in [1.165, 1.54) is 0 Å². The number of urea groups is 1. The molecule has 0 saturated carbocycles. The Morgan fingerprint density at radius 1 is 0.968 bits per heavy atom. The van der Waals surface area contributed by atoms with Crippen molar-refractivity contribution in [3.05, 3.63) is 70.2 Å². The van der Waals surface area contributed by atoms with Gasteiger partial charge in [0, 0.05) is 31.5 Å². The molecule has 0 unspecified atom stereocenters. The van der Waals surface area contributed by atoms with Gasteiger partial charge in [-0.3, -0.25) is 4.79 Å². The molecule has 0 atom stereocenters. The topological polar surface area (TPSA) is 52.7 Å². The summed E-state index contributed by atoms with van der Waals surface area (Å²) >= 11 is 14.2. The van der Waals surface area contributed by atoms with Crippen LogP contribution in [0.4, 0.5) is 10.5 Å². The molecule has 2 heterocycles. The molecule has 2 aromatic rings. The second-order valence-corrected chi connectivity index (χ2v) is 9.81. The lowest BCUT2D eigenvalue weighted by Crippen LogP contribution is -2.54. The van der Waals surface area contributed by atoms with E-state index in [0.29, 0.717) is 28.8 Å². The Kier molecular flexibility index (Phi) is 6.80. The number of carbonyl (C=O) groups excluding carboxylic acids is 2. The van der Waals surface area contributed by atoms with Gasteiger partial charge in [0.15, 0.2) is 0 Å². The Morgan fingerprint density at radius 3 is 2.32 bits per heavy atom. The van der Waals surface area contributed by atoms with Gasteiger partial charge in [0.05, 0.1) is 20.6 Å². The van der Waals surface area contributed by atoms with Gasteiger partial charge >= 0.3 is 6.03 Å². The number of hydrogen-bond acceptors (Lipinski definition) is 3. The molecule has 0 aliphatic carbocycles. The average Bonchev–Trinajstić information content (AvgIpc) is 3.19. The monoisotopic (exact) mass is 475 g/mol. The molecule has 5 nitrogen and oxygen atoms in total. The summed E-state index contributed by atoms with van der Waals surface area (Å²) in [6, 6.07) is 14.7. The molecule has 2 saturated heterocycles. The lowest BCUT2D eigenvalue weighted by atomic mass is 10.0. The number of thioether (sulfide) groups is 1. The first-order chi connectivity index (χ1) is 15.0. The number of halogens is 2. The SMILES string of the molecule is O=C(Nc1c(Cl)cccc1Cl)N1CCC2(CC1)SCCN2C(=O)/C=C/c1ccccc1. The fourth-order valence-corrected chi connectivity index (χ4v) is 5.97. The highest BCUT2D eigenvalue weighted by molar-refractivity contribution is 8.00. The number of amides is 3. The molecule has 162 valence electrons. The number of para-hydroxylation sites is 1. The minimum atomic E-state index is -0.253. The smallest absolute Gasteiger partial charge is 0.321 e. The molecular weight excluding hydrogens is 453 g/mol. The first-order valence-electron chi connectivity index (χ1n) is 10.2. The van der Waals surface area contributed by atoms with Crippen LogP contribution in [0, 0.1) is 0 Å². The van der Waals surface area contributed by atoms with E-state index in [1.54, 1.807) is 29.2 Å². The number of anilines is 1. The number of hydrogen-bond donors (Lipinski definition) is 1. The van der Waals surface area contributed by atoms with Gasteiger partial charge in [0.25, 0.3) is 0 Å². The van der Waals surface area contributed by atoms with E-state index in [4.69, 9.17) is 23.2 Å². The van der Waals surface area contributed by atoms with Crippen LogP contribution < -0.4 is 5.32 Å². The quantitative estimate of drug-likeness (QED) is 0.587. The number of nitrogens with zero attached hydrogens (tertiary/aromatic N) is 2. The Morgan fingerprint density at radius 2 is 1.65 bits per heavy atom. The highest BCUT2D eigenvalue weighted by atomic mass is 35.5. The molecule has 8 heteroatoms. The van der Waals surface area contributed by atoms with Gasteiger partial charge in [0.2, 0.25) is 5.91 Å². The molecular formula is C23H23Cl2N3O2S. The van der Waals surface area contributed by atoms with Crippen LogP contribution >= 0.6 is 35.0 Å². The van der Waals surface area contributed by atoms with Crippen molar-refractivity contribution >= 4 is 58.7 Å². The maximum Gasteiger partial charge on any atom is 0.321 e. The first-order valence-corrected chi connectivity index (χ1v) is 11.9. The Bertz CT molecular complexity index is 971. The molecule has 0 aromatic heterocycles. The third-order valence-electron chi connectivity index (χ3n) is 5.69. The van der Waals surface area contributed by atoms with Crippen LogP contribution in [0.2, 0.25) is 10.0 Å². The highest BCUT2D eigenvalue weighted by Crippen LogP contribution is 2.44. The van der Waals surface area contributed by atoms with Crippen molar-refractivity contribution in [2.75, 3.05) is 30.7 Å². The van der Waals surface area contributed by atoms with Crippen molar-refractivity contribution in [1.29, 1.82) is 0 Å². The Labute approximate surface area is 196 Å². The van der Waals surface area contributed by atoms with Crippen molar-refractivity contribution in [3.8, 4) is 0 Å². The second kappa shape index (κ2) is 9.55. The Balaban J connectivity index is 1.39. The predicted octanol–water partition coefficient (Wildman–Crippen LogP) is 5.61. The summed E-state index contributed by atoms with van der Waals surface area (Å²) in [5.41, 5.74) is 1.43. The highest BCUT2D eigenvalue weighted by Gasteiger charge is 2.46. The van der Waals surface area contributed by atoms with E-state index in [0.717, 1.165) is 30.7 Å². The minimum Gasteiger partial charge on any atom is -0.324 e. The third kappa shape index (κ3) is 4.86. The van der Waals surface area contributed by atoms with E-state index >= 15 is 0 Å². The lowest BCUT2D eigenvalue weighted by molar-refractivity contribution is -0.129. The number of likely N-dealkylation sites (tertiary alicyclic amines) is 1. The van der Waals surface area contributed by atoms with Crippen molar-refractivity contribution in [2.24, 2.45) is 0 Å². The number of nitrogens with one attached hydrogen (secondary N) is 1. The largest absolute Gasteiger partial charge is 0.324 e. The van der Waals surface area contributed by atoms with Gasteiger partial charge in [-0.05, 0) is 36.6 Å². The van der Waals surface area contributed by atoms with Crippen LogP contribution in [-0.2, 0) is 4.79 Å². The summed E-state index contributed by atoms with van der Waals surface area (Å²) in [5.74, 6) is 0.932. The maximum absolute atomic E-state index is 12.9. The van der Waals surface area contributed by atoms with Crippen LogP contribution in [-0.4, -0.2) is 52.0 Å². The summed E-state index contributed by atoms with van der Waals surface area (Å²) in [6.07, 6.45) is 4.97. The van der Waals surface area contributed by atoms with Crippen molar-refractivity contribution in [1.82, 2.24) is 9.80 Å². The van der Waals surface area contributed by atoms with E-state index in [-0.39, 0.29) is 16.8 Å². The van der Waals surface area contributed by atoms with Gasteiger partial charge in [-0.1, -0.05) is 59.6 Å². The van der Waals surface area contributed by atoms with Crippen LogP contribution in [0.25, 0.3) is 6.08 Å². The van der Waals surface area contributed by atoms with E-state index in [2.05, 4.69) is 5.32 Å². The van der Waals surface area contributed by atoms with E-state index in [1.807, 2.05) is 53.1 Å². The van der Waals surface area contributed by atoms with Gasteiger partial charge in [0.1, 0.15) is 0 Å². The number of piperidine rings is 1. The number of carbonyl (C=O) groups is 2. The molecule has 4 rings (SSSR count). The molecule has 2 aliphatic heterocycles. The molecule has 2 aliphatic rings. The Hall–Kier alpha value is -2.15. The molecule has 31 heavy (non-hydrogen) atoms. The van der Waals surface area contributed by atoms with Crippen LogP contribution in [0.15, 0.2) is 54.6 Å². The second-order valence-electron chi connectivity index (χ2n) is 7.54. The average molecular weight is 476 g/mol. The van der Waals surface area contributed by atoms with Crippen LogP contribution in [0.1, 0.15) is 18.4 Å². The summed E-state index contributed by atoms with van der Waals surface area (Å²) in [6.45, 7) is 1.85. The molecule has 0 bridgehead atoms. The zero-order valence-electron chi connectivity index (χ0n) is 16.9. The van der Waals surface area contributed by atoms with Crippen molar-refractivity contribution in [3.63, 3.8) is 0 Å². The molecule has 1 spiro atoms. The summed E-state index contributed by atoms with van der Waals surface area (Å²) < 4.78 is 0. The normalized spacial score (nSPS) is 18.0. The van der Waals surface area contributed by atoms with Crippen LogP contribution in [0.3, 0.4) is 0 Å². The molecule has 0 radical (unpaired) electrons. The fraction of sp³-hybridized carbons (Fsp3) is 0.304. The summed E-state index contributed by atoms with van der Waals surface area (Å²) in [5, 5.41) is 3.63. The van der Waals surface area contributed by atoms with Gasteiger partial charge < -0.3 is 15.1 Å². The zero-order valence-corrected chi connectivity index (χ0v) is 19.2. The number of benzene rings is 2. The van der Waals surface area contributed by atoms with Crippen molar-refractivity contribution < 1.29 is 9.59 Å². The van der Waals surface area contributed by atoms with Gasteiger partial charge in [-0.25, -0.2) is 4.79 Å². The molecule has 2 fully saturated rings. The predicted molar refractivity (Wildman–Crippen MR) is 129 cm³/mol. The van der Waals surface area contributed by atoms with E-state index < -0.39 is 0 Å². The lowest BCUT2D eigenvalue weighted by Gasteiger charge is -2.43. The summed E-state index contributed by atoms with van der Waals surface area (Å²) in [4.78, 5) is 29.1. The minimum absolute atomic E-state index is 0.0228. The standard InChI is InChI=1S/C23H23Cl2N3O2S/c24-18-7-4-8-19(25)21(18)26-22(30)27-13-11-23(12-14-27)28(15-16-31-23)20(29)10-9-17-5-2-1-3-6-17/h1-10H,11-16H2,(H,26,30)/b10-9+. The number of rotatable bonds is 3. The van der Waals surface area contributed by atoms with Gasteiger partial charge in [-0.2, -0.15) is 0 Å². The van der Waals surface area contributed by atoms with Gasteiger partial charge in [-0.15, -0.1) is 11.8 Å². The summed E-state index contributed by atoms with van der Waals surface area (Å²) in [7, 11) is 0. The van der Waals surface area contributed by atoms with Crippen molar-refractivity contribution in [2.45, 2.75) is 17.7 Å². The zero-order chi connectivity index (χ0) is 21.8.